The molecule has 1 aliphatic carbocycles. The fourth-order valence-corrected chi connectivity index (χ4v) is 4.57. The van der Waals surface area contributed by atoms with Crippen molar-refractivity contribution in [3.8, 4) is 0 Å². The first-order valence-corrected chi connectivity index (χ1v) is 10.2. The number of carbonyl (C=O) groups excluding carboxylic acids is 1. The number of nitrogens with one attached hydrogen (secondary N) is 1. The highest BCUT2D eigenvalue weighted by molar-refractivity contribution is 8.00. The first kappa shape index (κ1) is 20.2. The first-order chi connectivity index (χ1) is 12.7. The highest BCUT2D eigenvalue weighted by Crippen LogP contribution is 2.42. The highest BCUT2D eigenvalue weighted by Gasteiger charge is 2.28. The second-order valence-electron chi connectivity index (χ2n) is 7.71. The molecule has 0 aromatic heterocycles. The Bertz CT molecular complexity index is 846. The van der Waals surface area contributed by atoms with Gasteiger partial charge in [-0.2, -0.15) is 0 Å². The SMILES string of the molecule is CC1(C)CCC(Sc2cc(C(=O)Nc3ccc(F)c(Cl)c3)ccc2F)CC1. The highest BCUT2D eigenvalue weighted by atomic mass is 35.5. The normalized spacial score (nSPS) is 16.9. The molecule has 6 heteroatoms. The maximum atomic E-state index is 14.3. The van der Waals surface area contributed by atoms with E-state index in [0.29, 0.717) is 26.8 Å². The third-order valence-electron chi connectivity index (χ3n) is 4.95. The van der Waals surface area contributed by atoms with Crippen LogP contribution in [0, 0.1) is 17.0 Å². The largest absolute Gasteiger partial charge is 0.322 e. The monoisotopic (exact) mass is 409 g/mol. The molecule has 1 N–H and O–H groups in total. The summed E-state index contributed by atoms with van der Waals surface area (Å²) in [6, 6.07) is 8.32. The molecule has 2 aromatic rings. The zero-order valence-electron chi connectivity index (χ0n) is 15.3. The minimum absolute atomic E-state index is 0.0663. The van der Waals surface area contributed by atoms with Gasteiger partial charge in [0.25, 0.3) is 5.91 Å². The molecule has 0 saturated heterocycles. The lowest BCUT2D eigenvalue weighted by Gasteiger charge is -2.34. The number of benzene rings is 2. The van der Waals surface area contributed by atoms with E-state index in [4.69, 9.17) is 11.6 Å². The van der Waals surface area contributed by atoms with Gasteiger partial charge in [-0.05, 0) is 67.5 Å². The van der Waals surface area contributed by atoms with Gasteiger partial charge in [0, 0.05) is 21.4 Å². The van der Waals surface area contributed by atoms with Crippen molar-refractivity contribution in [3.05, 3.63) is 58.6 Å². The summed E-state index contributed by atoms with van der Waals surface area (Å²) in [7, 11) is 0. The molecule has 2 aromatic carbocycles. The molecule has 0 unspecified atom stereocenters. The van der Waals surface area contributed by atoms with E-state index in [1.807, 2.05) is 0 Å². The fraction of sp³-hybridized carbons (Fsp3) is 0.381. The molecule has 0 radical (unpaired) electrons. The average Bonchev–Trinajstić information content (AvgIpc) is 2.61. The predicted octanol–water partition coefficient (Wildman–Crippen LogP) is 6.93. The maximum Gasteiger partial charge on any atom is 0.255 e. The van der Waals surface area contributed by atoms with Crippen LogP contribution in [0.2, 0.25) is 5.02 Å². The van der Waals surface area contributed by atoms with Crippen LogP contribution in [0.4, 0.5) is 14.5 Å². The standard InChI is InChI=1S/C21H22ClF2NOS/c1-21(2)9-7-15(8-10-21)27-19-11-13(3-5-18(19)24)20(26)25-14-4-6-17(23)16(22)12-14/h3-6,11-12,15H,7-10H2,1-2H3,(H,25,26). The Balaban J connectivity index is 1.70. The molecule has 1 amide bonds. The summed E-state index contributed by atoms with van der Waals surface area (Å²) >= 11 is 7.25. The number of thioether (sulfide) groups is 1. The van der Waals surface area contributed by atoms with Crippen LogP contribution in [0.25, 0.3) is 0 Å². The van der Waals surface area contributed by atoms with E-state index in [-0.39, 0.29) is 16.7 Å². The molecular weight excluding hydrogens is 388 g/mol. The fourth-order valence-electron chi connectivity index (χ4n) is 3.18. The molecule has 0 atom stereocenters. The number of halogens is 3. The van der Waals surface area contributed by atoms with E-state index in [0.717, 1.165) is 25.7 Å². The number of hydrogen-bond donors (Lipinski definition) is 1. The molecule has 144 valence electrons. The third kappa shape index (κ3) is 5.23. The lowest BCUT2D eigenvalue weighted by molar-refractivity contribution is 0.102. The lowest BCUT2D eigenvalue weighted by atomic mass is 9.77. The summed E-state index contributed by atoms with van der Waals surface area (Å²) < 4.78 is 27.5. The molecule has 1 saturated carbocycles. The minimum Gasteiger partial charge on any atom is -0.322 e. The third-order valence-corrected chi connectivity index (χ3v) is 6.61. The van der Waals surface area contributed by atoms with Crippen LogP contribution in [0.3, 0.4) is 0 Å². The molecule has 0 heterocycles. The molecule has 0 spiro atoms. The van der Waals surface area contributed by atoms with Crippen molar-refractivity contribution in [3.63, 3.8) is 0 Å². The Morgan fingerprint density at radius 1 is 1.11 bits per heavy atom. The quantitative estimate of drug-likeness (QED) is 0.593. The Morgan fingerprint density at radius 3 is 2.44 bits per heavy atom. The van der Waals surface area contributed by atoms with Crippen LogP contribution >= 0.6 is 23.4 Å². The summed E-state index contributed by atoms with van der Waals surface area (Å²) in [4.78, 5) is 13.0. The Hall–Kier alpha value is -1.59. The Labute approximate surface area is 167 Å². The topological polar surface area (TPSA) is 29.1 Å². The number of rotatable bonds is 4. The predicted molar refractivity (Wildman–Crippen MR) is 108 cm³/mol. The number of anilines is 1. The van der Waals surface area contributed by atoms with Gasteiger partial charge in [0.1, 0.15) is 11.6 Å². The van der Waals surface area contributed by atoms with Gasteiger partial charge < -0.3 is 5.32 Å². The van der Waals surface area contributed by atoms with E-state index in [1.165, 1.54) is 42.1 Å². The lowest BCUT2D eigenvalue weighted by Crippen LogP contribution is -2.22. The van der Waals surface area contributed by atoms with E-state index in [1.54, 1.807) is 6.07 Å². The van der Waals surface area contributed by atoms with Crippen LogP contribution in [0.15, 0.2) is 41.3 Å². The van der Waals surface area contributed by atoms with Crippen molar-refractivity contribution in [2.75, 3.05) is 5.32 Å². The molecule has 3 rings (SSSR count). The van der Waals surface area contributed by atoms with Gasteiger partial charge >= 0.3 is 0 Å². The molecule has 1 aliphatic rings. The summed E-state index contributed by atoms with van der Waals surface area (Å²) in [5.74, 6) is -1.25. The Kier molecular flexibility index (Phi) is 6.11. The van der Waals surface area contributed by atoms with Crippen molar-refractivity contribution in [2.24, 2.45) is 5.41 Å². The van der Waals surface area contributed by atoms with Crippen LogP contribution in [0.1, 0.15) is 49.9 Å². The molecule has 1 fully saturated rings. The summed E-state index contributed by atoms with van der Waals surface area (Å²) in [6.07, 6.45) is 4.33. The average molecular weight is 410 g/mol. The molecule has 0 bridgehead atoms. The smallest absolute Gasteiger partial charge is 0.255 e. The van der Waals surface area contributed by atoms with Crippen LogP contribution in [-0.2, 0) is 0 Å². The summed E-state index contributed by atoms with van der Waals surface area (Å²) in [5.41, 5.74) is 1.10. The Morgan fingerprint density at radius 2 is 1.78 bits per heavy atom. The van der Waals surface area contributed by atoms with Crippen molar-refractivity contribution in [1.29, 1.82) is 0 Å². The van der Waals surface area contributed by atoms with Crippen molar-refractivity contribution in [2.45, 2.75) is 49.7 Å². The van der Waals surface area contributed by atoms with E-state index in [9.17, 15) is 13.6 Å². The number of carbonyl (C=O) groups is 1. The molecular formula is C21H22ClF2NOS. The van der Waals surface area contributed by atoms with E-state index < -0.39 is 5.82 Å². The minimum atomic E-state index is -0.550. The van der Waals surface area contributed by atoms with Crippen LogP contribution in [-0.4, -0.2) is 11.2 Å². The number of amides is 1. The summed E-state index contributed by atoms with van der Waals surface area (Å²) in [5, 5.41) is 2.96. The van der Waals surface area contributed by atoms with Crippen molar-refractivity contribution >= 4 is 35.0 Å². The molecule has 0 aliphatic heterocycles. The van der Waals surface area contributed by atoms with E-state index >= 15 is 0 Å². The zero-order valence-corrected chi connectivity index (χ0v) is 16.9. The molecule has 27 heavy (non-hydrogen) atoms. The van der Waals surface area contributed by atoms with Crippen molar-refractivity contribution < 1.29 is 13.6 Å². The first-order valence-electron chi connectivity index (χ1n) is 8.96. The van der Waals surface area contributed by atoms with Gasteiger partial charge in [-0.3, -0.25) is 4.79 Å². The van der Waals surface area contributed by atoms with Gasteiger partial charge in [-0.15, -0.1) is 11.8 Å². The zero-order chi connectivity index (χ0) is 19.6. The maximum absolute atomic E-state index is 14.3. The van der Waals surface area contributed by atoms with Gasteiger partial charge in [-0.1, -0.05) is 25.4 Å². The molecule has 2 nitrogen and oxygen atoms in total. The number of hydrogen-bond acceptors (Lipinski definition) is 2. The van der Waals surface area contributed by atoms with E-state index in [2.05, 4.69) is 19.2 Å². The van der Waals surface area contributed by atoms with Crippen LogP contribution in [0.5, 0.6) is 0 Å². The van der Waals surface area contributed by atoms with Gasteiger partial charge in [0.05, 0.1) is 5.02 Å². The van der Waals surface area contributed by atoms with Crippen molar-refractivity contribution in [1.82, 2.24) is 0 Å². The summed E-state index contributed by atoms with van der Waals surface area (Å²) in [6.45, 7) is 4.53. The second kappa shape index (κ2) is 8.19. The van der Waals surface area contributed by atoms with Gasteiger partial charge in [-0.25, -0.2) is 8.78 Å². The van der Waals surface area contributed by atoms with Gasteiger partial charge in [0.15, 0.2) is 0 Å². The van der Waals surface area contributed by atoms with Gasteiger partial charge in [0.2, 0.25) is 0 Å². The van der Waals surface area contributed by atoms with Crippen LogP contribution < -0.4 is 5.32 Å². The second-order valence-corrected chi connectivity index (χ2v) is 9.46.